The summed E-state index contributed by atoms with van der Waals surface area (Å²) < 4.78 is 20.1. The predicted octanol–water partition coefficient (Wildman–Crippen LogP) is 3.28. The topological polar surface area (TPSA) is 72.6 Å². The van der Waals surface area contributed by atoms with Crippen LogP contribution in [-0.4, -0.2) is 29.9 Å². The molecule has 136 valence electrons. The molecule has 2 rings (SSSR count). The van der Waals surface area contributed by atoms with Crippen molar-refractivity contribution in [2.45, 2.75) is 6.54 Å². The molecule has 0 radical (unpaired) electrons. The van der Waals surface area contributed by atoms with Gasteiger partial charge in [-0.1, -0.05) is 22.0 Å². The largest absolute Gasteiger partial charge is 0.484 e. The Labute approximate surface area is 159 Å². The van der Waals surface area contributed by atoms with E-state index in [-0.39, 0.29) is 25.6 Å². The van der Waals surface area contributed by atoms with Gasteiger partial charge in [0.05, 0.1) is 0 Å². The highest BCUT2D eigenvalue weighted by molar-refractivity contribution is 9.10. The number of carbonyl (C=O) groups is 2. The van der Waals surface area contributed by atoms with E-state index in [1.807, 2.05) is 0 Å². The fourth-order valence-electron chi connectivity index (χ4n) is 2.23. The average molecular weight is 421 g/mol. The Bertz CT molecular complexity index is 809. The van der Waals surface area contributed by atoms with Crippen LogP contribution in [0.5, 0.6) is 5.75 Å². The summed E-state index contributed by atoms with van der Waals surface area (Å²) in [7, 11) is 0. The summed E-state index contributed by atoms with van der Waals surface area (Å²) in [5.41, 5.74) is 5.91. The van der Waals surface area contributed by atoms with Crippen LogP contribution >= 0.6 is 15.9 Å². The summed E-state index contributed by atoms with van der Waals surface area (Å²) in [5.74, 6) is -0.822. The van der Waals surface area contributed by atoms with Crippen molar-refractivity contribution in [1.29, 1.82) is 0 Å². The van der Waals surface area contributed by atoms with Crippen molar-refractivity contribution in [1.82, 2.24) is 4.90 Å². The molecule has 0 aliphatic carbocycles. The molecule has 0 fully saturated rings. The minimum absolute atomic E-state index is 0.0973. The van der Waals surface area contributed by atoms with Gasteiger partial charge in [-0.25, -0.2) is 4.39 Å². The van der Waals surface area contributed by atoms with Crippen molar-refractivity contribution < 1.29 is 18.7 Å². The lowest BCUT2D eigenvalue weighted by Gasteiger charge is -2.22. The zero-order chi connectivity index (χ0) is 19.1. The zero-order valence-corrected chi connectivity index (χ0v) is 15.5. The van der Waals surface area contributed by atoms with Gasteiger partial charge in [-0.05, 0) is 42.5 Å². The van der Waals surface area contributed by atoms with Crippen molar-refractivity contribution in [3.05, 3.63) is 76.5 Å². The first-order valence-corrected chi connectivity index (χ1v) is 8.55. The van der Waals surface area contributed by atoms with Crippen LogP contribution in [0, 0.1) is 5.82 Å². The third-order valence-corrected chi connectivity index (χ3v) is 4.07. The van der Waals surface area contributed by atoms with Gasteiger partial charge in [0.25, 0.3) is 5.91 Å². The first-order valence-electron chi connectivity index (χ1n) is 7.76. The van der Waals surface area contributed by atoms with Gasteiger partial charge in [0.1, 0.15) is 11.6 Å². The first kappa shape index (κ1) is 19.7. The van der Waals surface area contributed by atoms with E-state index in [0.29, 0.717) is 16.9 Å². The van der Waals surface area contributed by atoms with Gasteiger partial charge in [0, 0.05) is 28.7 Å². The third kappa shape index (κ3) is 5.42. The highest BCUT2D eigenvalue weighted by Gasteiger charge is 2.16. The number of carbonyl (C=O) groups excluding carboxylic acids is 2. The number of amides is 2. The fourth-order valence-corrected chi connectivity index (χ4v) is 2.64. The second-order valence-electron chi connectivity index (χ2n) is 5.48. The summed E-state index contributed by atoms with van der Waals surface area (Å²) in [6, 6.07) is 10.7. The number of nitrogens with two attached hydrogens (primary N) is 1. The van der Waals surface area contributed by atoms with Gasteiger partial charge < -0.3 is 15.4 Å². The van der Waals surface area contributed by atoms with Crippen LogP contribution in [-0.2, 0) is 11.3 Å². The smallest absolute Gasteiger partial charge is 0.261 e. The molecule has 5 nitrogen and oxygen atoms in total. The molecule has 26 heavy (non-hydrogen) atoms. The van der Waals surface area contributed by atoms with Crippen molar-refractivity contribution in [2.24, 2.45) is 5.73 Å². The highest BCUT2D eigenvalue weighted by atomic mass is 79.9. The lowest BCUT2D eigenvalue weighted by molar-refractivity contribution is -0.133. The van der Waals surface area contributed by atoms with E-state index in [1.54, 1.807) is 30.3 Å². The first-order chi connectivity index (χ1) is 12.4. The minimum Gasteiger partial charge on any atom is -0.484 e. The monoisotopic (exact) mass is 420 g/mol. The van der Waals surface area contributed by atoms with Crippen molar-refractivity contribution in [2.75, 3.05) is 13.2 Å². The van der Waals surface area contributed by atoms with Crippen LogP contribution < -0.4 is 10.5 Å². The summed E-state index contributed by atoms with van der Waals surface area (Å²) >= 11 is 3.29. The molecular formula is C19H18BrFN2O3. The molecule has 0 aliphatic heterocycles. The number of primary amides is 1. The molecule has 0 atom stereocenters. The van der Waals surface area contributed by atoms with E-state index in [0.717, 1.165) is 4.47 Å². The third-order valence-electron chi connectivity index (χ3n) is 3.57. The number of hydrogen-bond donors (Lipinski definition) is 1. The Morgan fingerprint density at radius 2 is 1.92 bits per heavy atom. The van der Waals surface area contributed by atoms with Gasteiger partial charge in [-0.3, -0.25) is 9.59 Å². The molecule has 0 bridgehead atoms. The maximum Gasteiger partial charge on any atom is 0.261 e. The molecular weight excluding hydrogens is 403 g/mol. The molecule has 2 N–H and O–H groups in total. The van der Waals surface area contributed by atoms with E-state index in [9.17, 15) is 14.0 Å². The van der Waals surface area contributed by atoms with Crippen molar-refractivity contribution in [3.63, 3.8) is 0 Å². The summed E-state index contributed by atoms with van der Waals surface area (Å²) in [6.45, 7) is 3.76. The number of nitrogens with zero attached hydrogens (tertiary/aromatic N) is 1. The van der Waals surface area contributed by atoms with E-state index < -0.39 is 11.7 Å². The minimum atomic E-state index is -0.541. The SMILES string of the molecule is C=CCN(Cc1cc(Br)ccc1F)C(=O)COc1ccc(C(N)=O)cc1. The molecule has 0 spiro atoms. The van der Waals surface area contributed by atoms with E-state index in [1.165, 1.54) is 23.1 Å². The van der Waals surface area contributed by atoms with Crippen molar-refractivity contribution in [3.8, 4) is 5.75 Å². The lowest BCUT2D eigenvalue weighted by atomic mass is 10.2. The maximum absolute atomic E-state index is 13.9. The molecule has 2 amide bonds. The summed E-state index contributed by atoms with van der Waals surface area (Å²) in [5, 5.41) is 0. The molecule has 0 unspecified atom stereocenters. The quantitative estimate of drug-likeness (QED) is 0.665. The van der Waals surface area contributed by atoms with Crippen LogP contribution in [0.3, 0.4) is 0 Å². The number of ether oxygens (including phenoxy) is 1. The van der Waals surface area contributed by atoms with Gasteiger partial charge >= 0.3 is 0 Å². The number of halogens is 2. The molecule has 0 aliphatic rings. The lowest BCUT2D eigenvalue weighted by Crippen LogP contribution is -2.34. The van der Waals surface area contributed by atoms with E-state index >= 15 is 0 Å². The number of rotatable bonds is 8. The van der Waals surface area contributed by atoms with Crippen LogP contribution in [0.15, 0.2) is 59.6 Å². The van der Waals surface area contributed by atoms with Crippen LogP contribution in [0.4, 0.5) is 4.39 Å². The van der Waals surface area contributed by atoms with Crippen LogP contribution in [0.1, 0.15) is 15.9 Å². The second-order valence-corrected chi connectivity index (χ2v) is 6.39. The van der Waals surface area contributed by atoms with Crippen LogP contribution in [0.25, 0.3) is 0 Å². The molecule has 2 aromatic carbocycles. The van der Waals surface area contributed by atoms with Gasteiger partial charge in [-0.15, -0.1) is 6.58 Å². The Morgan fingerprint density at radius 1 is 1.23 bits per heavy atom. The van der Waals surface area contributed by atoms with Gasteiger partial charge in [0.15, 0.2) is 6.61 Å². The van der Waals surface area contributed by atoms with E-state index in [4.69, 9.17) is 10.5 Å². The summed E-state index contributed by atoms with van der Waals surface area (Å²) in [4.78, 5) is 24.9. The number of benzene rings is 2. The Kier molecular flexibility index (Phi) is 6.91. The van der Waals surface area contributed by atoms with Gasteiger partial charge in [-0.2, -0.15) is 0 Å². The fraction of sp³-hybridized carbons (Fsp3) is 0.158. The number of hydrogen-bond acceptors (Lipinski definition) is 3. The molecule has 2 aromatic rings. The Hall–Kier alpha value is -2.67. The maximum atomic E-state index is 13.9. The molecule has 0 saturated heterocycles. The molecule has 0 saturated carbocycles. The normalized spacial score (nSPS) is 10.2. The highest BCUT2D eigenvalue weighted by Crippen LogP contribution is 2.18. The molecule has 0 heterocycles. The predicted molar refractivity (Wildman–Crippen MR) is 100 cm³/mol. The molecule has 7 heteroatoms. The summed E-state index contributed by atoms with van der Waals surface area (Å²) in [6.07, 6.45) is 1.56. The van der Waals surface area contributed by atoms with Crippen LogP contribution in [0.2, 0.25) is 0 Å². The average Bonchev–Trinajstić information content (AvgIpc) is 2.62. The standard InChI is InChI=1S/C19H18BrFN2O3/c1-2-9-23(11-14-10-15(20)5-8-17(14)21)18(24)12-26-16-6-3-13(4-7-16)19(22)25/h2-8,10H,1,9,11-12H2,(H2,22,25). The Balaban J connectivity index is 2.02. The molecule has 0 aromatic heterocycles. The van der Waals surface area contributed by atoms with Gasteiger partial charge in [0.2, 0.25) is 5.91 Å². The van der Waals surface area contributed by atoms with Crippen molar-refractivity contribution >= 4 is 27.7 Å². The Morgan fingerprint density at radius 3 is 2.54 bits per heavy atom. The second kappa shape index (κ2) is 9.15. The zero-order valence-electron chi connectivity index (χ0n) is 14.0. The van der Waals surface area contributed by atoms with E-state index in [2.05, 4.69) is 22.5 Å².